The largest absolute Gasteiger partial charge is 0.480 e. The summed E-state index contributed by atoms with van der Waals surface area (Å²) in [6.07, 6.45) is 0.174. The molecule has 0 spiro atoms. The van der Waals surface area contributed by atoms with Crippen LogP contribution < -0.4 is 32.3 Å². The van der Waals surface area contributed by atoms with E-state index < -0.39 is 66.2 Å². The van der Waals surface area contributed by atoms with E-state index in [1.54, 1.807) is 27.7 Å². The summed E-state index contributed by atoms with van der Waals surface area (Å²) in [5.41, 5.74) is 5.74. The van der Waals surface area contributed by atoms with E-state index in [1.165, 1.54) is 6.92 Å². The van der Waals surface area contributed by atoms with Gasteiger partial charge >= 0.3 is 5.97 Å². The first-order valence-electron chi connectivity index (χ1n) is 11.6. The van der Waals surface area contributed by atoms with Crippen LogP contribution >= 0.6 is 0 Å². The van der Waals surface area contributed by atoms with Crippen LogP contribution in [-0.2, 0) is 28.8 Å². The normalized spacial score (nSPS) is 20.0. The Kier molecular flexibility index (Phi) is 11.8. The Balaban J connectivity index is 2.60. The minimum absolute atomic E-state index is 0.101. The molecule has 1 fully saturated rings. The lowest BCUT2D eigenvalue weighted by molar-refractivity contribution is -0.138. The highest BCUT2D eigenvalue weighted by Crippen LogP contribution is 2.17. The van der Waals surface area contributed by atoms with Crippen LogP contribution in [0.1, 0.15) is 41.0 Å². The molecule has 8 N–H and O–H groups in total. The van der Waals surface area contributed by atoms with Crippen LogP contribution in [0, 0.1) is 17.8 Å². The van der Waals surface area contributed by atoms with Gasteiger partial charge in [-0.15, -0.1) is 0 Å². The van der Waals surface area contributed by atoms with Gasteiger partial charge in [0.15, 0.2) is 5.78 Å². The number of carbonyl (C=O) groups excluding carboxylic acids is 5. The van der Waals surface area contributed by atoms with Gasteiger partial charge in [-0.3, -0.25) is 28.8 Å². The first kappa shape index (κ1) is 30.0. The summed E-state index contributed by atoms with van der Waals surface area (Å²) in [6.45, 7) is 7.89. The number of Topliss-reactive ketones (excluding diaryl/α,β-unsaturated/α-hetero) is 1. The van der Waals surface area contributed by atoms with Gasteiger partial charge in [-0.2, -0.15) is 0 Å². The Morgan fingerprint density at radius 2 is 1.54 bits per heavy atom. The first-order valence-corrected chi connectivity index (χ1v) is 11.6. The molecule has 0 aromatic heterocycles. The molecule has 13 nitrogen and oxygen atoms in total. The summed E-state index contributed by atoms with van der Waals surface area (Å²) >= 11 is 0. The monoisotopic (exact) mass is 498 g/mol. The van der Waals surface area contributed by atoms with Crippen LogP contribution in [0.4, 0.5) is 0 Å². The number of rotatable bonds is 13. The van der Waals surface area contributed by atoms with Gasteiger partial charge in [0, 0.05) is 12.5 Å². The highest BCUT2D eigenvalue weighted by molar-refractivity contribution is 5.95. The number of nitrogens with two attached hydrogens (primary N) is 1. The van der Waals surface area contributed by atoms with Gasteiger partial charge in [0.1, 0.15) is 12.6 Å². The van der Waals surface area contributed by atoms with E-state index in [-0.39, 0.29) is 37.1 Å². The number of carbonyl (C=O) groups is 6. The second-order valence-electron chi connectivity index (χ2n) is 9.41. The molecule has 1 aliphatic rings. The van der Waals surface area contributed by atoms with Crippen molar-refractivity contribution in [1.29, 1.82) is 0 Å². The van der Waals surface area contributed by atoms with Crippen molar-refractivity contribution in [2.45, 2.75) is 65.2 Å². The molecule has 4 amide bonds. The summed E-state index contributed by atoms with van der Waals surface area (Å²) in [5.74, 6) is -4.52. The van der Waals surface area contributed by atoms with Gasteiger partial charge in [-0.1, -0.05) is 27.7 Å². The van der Waals surface area contributed by atoms with Crippen molar-refractivity contribution in [3.05, 3.63) is 0 Å². The molecule has 5 atom stereocenters. The maximum absolute atomic E-state index is 12.8. The fourth-order valence-corrected chi connectivity index (χ4v) is 3.51. The van der Waals surface area contributed by atoms with Crippen LogP contribution in [-0.4, -0.2) is 84.3 Å². The third-order valence-electron chi connectivity index (χ3n) is 5.76. The summed E-state index contributed by atoms with van der Waals surface area (Å²) in [6, 6.07) is -3.28. The number of carboxylic acids is 1. The predicted octanol–water partition coefficient (Wildman–Crippen LogP) is -2.52. The Morgan fingerprint density at radius 3 is 2.09 bits per heavy atom. The molecule has 1 rings (SSSR count). The van der Waals surface area contributed by atoms with E-state index in [0.29, 0.717) is 0 Å². The van der Waals surface area contributed by atoms with Crippen molar-refractivity contribution in [3.8, 4) is 0 Å². The minimum atomic E-state index is -1.17. The van der Waals surface area contributed by atoms with Crippen LogP contribution in [0.15, 0.2) is 0 Å². The molecule has 0 bridgehead atoms. The number of aliphatic carboxylic acids is 1. The summed E-state index contributed by atoms with van der Waals surface area (Å²) in [5, 5.41) is 21.4. The zero-order valence-corrected chi connectivity index (χ0v) is 20.8. The van der Waals surface area contributed by atoms with Crippen molar-refractivity contribution in [2.75, 3.05) is 19.6 Å². The average molecular weight is 499 g/mol. The Morgan fingerprint density at radius 1 is 0.914 bits per heavy atom. The van der Waals surface area contributed by atoms with Crippen molar-refractivity contribution in [2.24, 2.45) is 23.5 Å². The highest BCUT2D eigenvalue weighted by atomic mass is 16.4. The molecule has 0 aliphatic carbocycles. The Hall–Kier alpha value is -3.06. The predicted molar refractivity (Wildman–Crippen MR) is 126 cm³/mol. The summed E-state index contributed by atoms with van der Waals surface area (Å²) in [4.78, 5) is 72.4. The molecule has 1 saturated heterocycles. The highest BCUT2D eigenvalue weighted by Gasteiger charge is 2.36. The molecule has 0 radical (unpaired) electrons. The van der Waals surface area contributed by atoms with Crippen LogP contribution in [0.3, 0.4) is 0 Å². The molecule has 198 valence electrons. The number of hydrogen-bond donors (Lipinski definition) is 7. The Labute approximate surface area is 204 Å². The van der Waals surface area contributed by atoms with Gasteiger partial charge < -0.3 is 37.4 Å². The smallest absolute Gasteiger partial charge is 0.322 e. The third-order valence-corrected chi connectivity index (χ3v) is 5.76. The summed E-state index contributed by atoms with van der Waals surface area (Å²) in [7, 11) is 0. The second kappa shape index (κ2) is 13.7. The van der Waals surface area contributed by atoms with Crippen molar-refractivity contribution < 1.29 is 33.9 Å². The topological polar surface area (TPSA) is 209 Å². The molecular weight excluding hydrogens is 460 g/mol. The molecule has 1 unspecified atom stereocenters. The number of amides is 4. The van der Waals surface area contributed by atoms with Gasteiger partial charge in [0.25, 0.3) is 0 Å². The maximum Gasteiger partial charge on any atom is 0.322 e. The molecule has 13 heteroatoms. The number of nitrogens with one attached hydrogen (secondary N) is 5. The van der Waals surface area contributed by atoms with Gasteiger partial charge in [-0.25, -0.2) is 0 Å². The molecule has 0 aromatic carbocycles. The summed E-state index contributed by atoms with van der Waals surface area (Å²) < 4.78 is 0. The fourth-order valence-electron chi connectivity index (χ4n) is 3.51. The first-order chi connectivity index (χ1) is 16.2. The van der Waals surface area contributed by atoms with E-state index in [1.807, 2.05) is 0 Å². The SMILES string of the molecule is CC(C)[C@H](N)C(=O)NCC(=O)N[C@H](C(=O)N[C@@H](C)C(=O)C1CN[C@H](C(=O)NCC(=O)O)C1)C(C)C. The molecule has 1 aliphatic heterocycles. The molecular formula is C22H38N6O7. The minimum Gasteiger partial charge on any atom is -0.480 e. The number of hydrogen-bond acceptors (Lipinski definition) is 8. The Bertz CT molecular complexity index is 816. The lowest BCUT2D eigenvalue weighted by Crippen LogP contribution is -2.55. The number of carboxylic acid groups (broad SMARTS) is 1. The lowest BCUT2D eigenvalue weighted by Gasteiger charge is -2.25. The van der Waals surface area contributed by atoms with Gasteiger partial charge in [0.05, 0.1) is 24.7 Å². The molecule has 1 heterocycles. The molecule has 0 aromatic rings. The number of ketones is 1. The van der Waals surface area contributed by atoms with E-state index >= 15 is 0 Å². The van der Waals surface area contributed by atoms with Gasteiger partial charge in [0.2, 0.25) is 23.6 Å². The fraction of sp³-hybridized carbons (Fsp3) is 0.727. The zero-order valence-electron chi connectivity index (χ0n) is 20.8. The van der Waals surface area contributed by atoms with Crippen molar-refractivity contribution >= 4 is 35.4 Å². The maximum atomic E-state index is 12.8. The zero-order chi connectivity index (χ0) is 26.9. The van der Waals surface area contributed by atoms with Gasteiger partial charge in [-0.05, 0) is 25.2 Å². The molecule has 35 heavy (non-hydrogen) atoms. The lowest BCUT2D eigenvalue weighted by atomic mass is 9.95. The van der Waals surface area contributed by atoms with Crippen molar-refractivity contribution in [3.63, 3.8) is 0 Å². The van der Waals surface area contributed by atoms with E-state index in [2.05, 4.69) is 26.6 Å². The van der Waals surface area contributed by atoms with E-state index in [0.717, 1.165) is 0 Å². The molecule has 0 saturated carbocycles. The third kappa shape index (κ3) is 9.61. The van der Waals surface area contributed by atoms with E-state index in [4.69, 9.17) is 10.8 Å². The van der Waals surface area contributed by atoms with Crippen LogP contribution in [0.25, 0.3) is 0 Å². The second-order valence-corrected chi connectivity index (χ2v) is 9.41. The quantitative estimate of drug-likeness (QED) is 0.143. The average Bonchev–Trinajstić information content (AvgIpc) is 3.28. The van der Waals surface area contributed by atoms with Crippen LogP contribution in [0.5, 0.6) is 0 Å². The van der Waals surface area contributed by atoms with Crippen molar-refractivity contribution in [1.82, 2.24) is 26.6 Å². The van der Waals surface area contributed by atoms with Crippen LogP contribution in [0.2, 0.25) is 0 Å². The van der Waals surface area contributed by atoms with E-state index in [9.17, 15) is 28.8 Å². The standard InChI is InChI=1S/C22H38N6O7/c1-10(2)17(23)21(34)25-8-15(29)28-18(11(3)4)22(35)27-12(5)19(32)13-6-14(24-7-13)20(33)26-9-16(30)31/h10-14,17-18,24H,6-9,23H2,1-5H3,(H,25,34)(H,26,33)(H,27,35)(H,28,29)(H,30,31)/t12-,13?,14-,17-,18-/m0/s1.